The molecule has 0 saturated carbocycles. The van der Waals surface area contributed by atoms with Gasteiger partial charge in [-0.3, -0.25) is 14.6 Å². The summed E-state index contributed by atoms with van der Waals surface area (Å²) in [6, 6.07) is 1.44. The molecule has 98 valence electrons. The van der Waals surface area contributed by atoms with Crippen LogP contribution in [0.2, 0.25) is 0 Å². The van der Waals surface area contributed by atoms with Crippen LogP contribution >= 0.6 is 15.9 Å². The van der Waals surface area contributed by atoms with Gasteiger partial charge in [0, 0.05) is 34.8 Å². The summed E-state index contributed by atoms with van der Waals surface area (Å²) in [5, 5.41) is 5.46. The van der Waals surface area contributed by atoms with E-state index >= 15 is 0 Å². The lowest BCUT2D eigenvalue weighted by molar-refractivity contribution is -0.125. The number of amides is 2. The van der Waals surface area contributed by atoms with Gasteiger partial charge in [-0.2, -0.15) is 0 Å². The van der Waals surface area contributed by atoms with Crippen LogP contribution in [0.3, 0.4) is 0 Å². The first-order chi connectivity index (χ1) is 9.15. The van der Waals surface area contributed by atoms with Crippen molar-refractivity contribution in [3.05, 3.63) is 33.6 Å². The lowest BCUT2D eigenvalue weighted by atomic mass is 10.2. The standard InChI is InChI=1S/C13H12BrN3O2/c14-9-1-3-15-11-6-7(5-8(9)11)12(18)17-10-2-4-16-13(10)19/h1,3,5,10H,2,4,6H2,(H,16,19)(H,17,18). The minimum Gasteiger partial charge on any atom is -0.354 e. The van der Waals surface area contributed by atoms with E-state index in [1.165, 1.54) is 0 Å². The first-order valence-corrected chi connectivity index (χ1v) is 6.87. The molecule has 1 aromatic rings. The Morgan fingerprint density at radius 2 is 2.37 bits per heavy atom. The second kappa shape index (κ2) is 4.77. The third-order valence-corrected chi connectivity index (χ3v) is 4.03. The highest BCUT2D eigenvalue weighted by Crippen LogP contribution is 2.29. The molecule has 1 atom stereocenters. The van der Waals surface area contributed by atoms with Crippen molar-refractivity contribution in [3.63, 3.8) is 0 Å². The van der Waals surface area contributed by atoms with Crippen LogP contribution in [0, 0.1) is 0 Å². The van der Waals surface area contributed by atoms with Crippen molar-refractivity contribution in [1.82, 2.24) is 15.6 Å². The Labute approximate surface area is 118 Å². The van der Waals surface area contributed by atoms with Crippen molar-refractivity contribution in [2.24, 2.45) is 0 Å². The van der Waals surface area contributed by atoms with Crippen LogP contribution in [0.5, 0.6) is 0 Å². The molecule has 1 unspecified atom stereocenters. The van der Waals surface area contributed by atoms with Gasteiger partial charge >= 0.3 is 0 Å². The van der Waals surface area contributed by atoms with Crippen LogP contribution < -0.4 is 10.6 Å². The fourth-order valence-electron chi connectivity index (χ4n) is 2.32. The third kappa shape index (κ3) is 2.28. The largest absolute Gasteiger partial charge is 0.354 e. The number of halogens is 1. The average Bonchev–Trinajstić information content (AvgIpc) is 2.97. The Hall–Kier alpha value is -1.69. The molecule has 19 heavy (non-hydrogen) atoms. The molecular weight excluding hydrogens is 310 g/mol. The van der Waals surface area contributed by atoms with Crippen LogP contribution in [0.4, 0.5) is 0 Å². The zero-order valence-electron chi connectivity index (χ0n) is 10.1. The SMILES string of the molecule is O=C(NC1CCNC1=O)C1=Cc2c(Br)ccnc2C1. The van der Waals surface area contributed by atoms with E-state index in [9.17, 15) is 9.59 Å². The number of rotatable bonds is 2. The Balaban J connectivity index is 1.75. The van der Waals surface area contributed by atoms with Gasteiger partial charge in [0.05, 0.1) is 5.69 Å². The van der Waals surface area contributed by atoms with Gasteiger partial charge in [0.2, 0.25) is 11.8 Å². The lowest BCUT2D eigenvalue weighted by Crippen LogP contribution is -2.40. The van der Waals surface area contributed by atoms with Crippen LogP contribution in [0.25, 0.3) is 6.08 Å². The molecule has 2 N–H and O–H groups in total. The number of aromatic nitrogens is 1. The summed E-state index contributed by atoms with van der Waals surface area (Å²) in [6.45, 7) is 0.621. The van der Waals surface area contributed by atoms with Crippen LogP contribution in [-0.4, -0.2) is 29.4 Å². The van der Waals surface area contributed by atoms with Gasteiger partial charge in [0.1, 0.15) is 6.04 Å². The fraction of sp³-hybridized carbons (Fsp3) is 0.308. The van der Waals surface area contributed by atoms with E-state index in [-0.39, 0.29) is 11.8 Å². The topological polar surface area (TPSA) is 71.1 Å². The monoisotopic (exact) mass is 321 g/mol. The molecule has 2 heterocycles. The number of pyridine rings is 1. The summed E-state index contributed by atoms with van der Waals surface area (Å²) in [5.74, 6) is -0.296. The van der Waals surface area contributed by atoms with Crippen LogP contribution in [0.15, 0.2) is 22.3 Å². The molecule has 0 radical (unpaired) electrons. The molecule has 5 nitrogen and oxygen atoms in total. The Bertz CT molecular complexity index is 598. The van der Waals surface area contributed by atoms with E-state index in [1.54, 1.807) is 6.20 Å². The molecule has 1 fully saturated rings. The number of hydrogen-bond donors (Lipinski definition) is 2. The van der Waals surface area contributed by atoms with E-state index in [1.807, 2.05) is 12.1 Å². The highest BCUT2D eigenvalue weighted by molar-refractivity contribution is 9.10. The maximum Gasteiger partial charge on any atom is 0.248 e. The molecule has 1 saturated heterocycles. The van der Waals surface area contributed by atoms with Gasteiger partial charge in [-0.15, -0.1) is 0 Å². The molecule has 0 spiro atoms. The quantitative estimate of drug-likeness (QED) is 0.846. The number of nitrogens with one attached hydrogen (secondary N) is 2. The number of carbonyl (C=O) groups is 2. The zero-order valence-corrected chi connectivity index (χ0v) is 11.7. The summed E-state index contributed by atoms with van der Waals surface area (Å²) in [4.78, 5) is 27.8. The molecule has 3 rings (SSSR count). The maximum absolute atomic E-state index is 12.1. The Morgan fingerprint density at radius 3 is 3.05 bits per heavy atom. The van der Waals surface area contributed by atoms with Gasteiger partial charge in [0.15, 0.2) is 0 Å². The molecular formula is C13H12BrN3O2. The number of fused-ring (bicyclic) bond motifs is 1. The highest BCUT2D eigenvalue weighted by Gasteiger charge is 2.28. The number of hydrogen-bond acceptors (Lipinski definition) is 3. The smallest absolute Gasteiger partial charge is 0.248 e. The normalized spacial score (nSPS) is 20.8. The van der Waals surface area contributed by atoms with Crippen molar-refractivity contribution in [2.45, 2.75) is 18.9 Å². The van der Waals surface area contributed by atoms with E-state index in [0.717, 1.165) is 15.7 Å². The summed E-state index contributed by atoms with van der Waals surface area (Å²) >= 11 is 3.44. The number of carbonyl (C=O) groups excluding carboxylic acids is 2. The lowest BCUT2D eigenvalue weighted by Gasteiger charge is -2.09. The van der Waals surface area contributed by atoms with Crippen LogP contribution in [0.1, 0.15) is 17.7 Å². The van der Waals surface area contributed by atoms with Gasteiger partial charge in [0.25, 0.3) is 0 Å². The fourth-order valence-corrected chi connectivity index (χ4v) is 2.78. The third-order valence-electron chi connectivity index (χ3n) is 3.34. The van der Waals surface area contributed by atoms with Crippen molar-refractivity contribution in [3.8, 4) is 0 Å². The average molecular weight is 322 g/mol. The maximum atomic E-state index is 12.1. The first kappa shape index (κ1) is 12.3. The van der Waals surface area contributed by atoms with Crippen molar-refractivity contribution in [2.75, 3.05) is 6.54 Å². The van der Waals surface area contributed by atoms with E-state index in [4.69, 9.17) is 0 Å². The second-order valence-electron chi connectivity index (χ2n) is 4.61. The van der Waals surface area contributed by atoms with Gasteiger partial charge < -0.3 is 10.6 Å². The minimum atomic E-state index is -0.409. The predicted octanol–water partition coefficient (Wildman–Crippen LogP) is 0.788. The second-order valence-corrected chi connectivity index (χ2v) is 5.46. The predicted molar refractivity (Wildman–Crippen MR) is 73.2 cm³/mol. The zero-order chi connectivity index (χ0) is 13.4. The molecule has 1 aromatic heterocycles. The number of nitrogens with zero attached hydrogens (tertiary/aromatic N) is 1. The Kier molecular flexibility index (Phi) is 3.10. The molecule has 1 aliphatic heterocycles. The van der Waals surface area contributed by atoms with Gasteiger partial charge in [-0.25, -0.2) is 0 Å². The molecule has 6 heteroatoms. The molecule has 2 amide bonds. The van der Waals surface area contributed by atoms with Crippen molar-refractivity contribution >= 4 is 33.8 Å². The van der Waals surface area contributed by atoms with E-state index in [2.05, 4.69) is 31.5 Å². The van der Waals surface area contributed by atoms with Gasteiger partial charge in [-0.05, 0) is 18.6 Å². The molecule has 0 bridgehead atoms. The minimum absolute atomic E-state index is 0.108. The van der Waals surface area contributed by atoms with E-state index < -0.39 is 6.04 Å². The molecule has 2 aliphatic rings. The molecule has 1 aliphatic carbocycles. The molecule has 0 aromatic carbocycles. The summed E-state index contributed by atoms with van der Waals surface area (Å²) < 4.78 is 0.930. The summed E-state index contributed by atoms with van der Waals surface area (Å²) in [7, 11) is 0. The van der Waals surface area contributed by atoms with Gasteiger partial charge in [-0.1, -0.05) is 15.9 Å². The van der Waals surface area contributed by atoms with E-state index in [0.29, 0.717) is 25.0 Å². The first-order valence-electron chi connectivity index (χ1n) is 6.07. The Morgan fingerprint density at radius 1 is 1.53 bits per heavy atom. The van der Waals surface area contributed by atoms with Crippen molar-refractivity contribution in [1.29, 1.82) is 0 Å². The van der Waals surface area contributed by atoms with Crippen molar-refractivity contribution < 1.29 is 9.59 Å². The summed E-state index contributed by atoms with van der Waals surface area (Å²) in [6.07, 6.45) is 4.69. The summed E-state index contributed by atoms with van der Waals surface area (Å²) in [5.41, 5.74) is 2.48. The highest BCUT2D eigenvalue weighted by atomic mass is 79.9. The van der Waals surface area contributed by atoms with Crippen LogP contribution in [-0.2, 0) is 16.0 Å².